The third kappa shape index (κ3) is 3.80. The van der Waals surface area contributed by atoms with E-state index in [0.29, 0.717) is 8.95 Å². The number of benzene rings is 2. The van der Waals surface area contributed by atoms with Crippen molar-refractivity contribution in [2.45, 2.75) is 6.18 Å². The lowest BCUT2D eigenvalue weighted by Gasteiger charge is -2.10. The lowest BCUT2D eigenvalue weighted by Crippen LogP contribution is -2.12. The van der Waals surface area contributed by atoms with Crippen molar-refractivity contribution in [3.8, 4) is 5.75 Å². The van der Waals surface area contributed by atoms with E-state index in [2.05, 4.69) is 37.2 Å². The predicted molar refractivity (Wildman–Crippen MR) is 82.9 cm³/mol. The van der Waals surface area contributed by atoms with Gasteiger partial charge >= 0.3 is 6.18 Å². The van der Waals surface area contributed by atoms with Crippen LogP contribution in [0.3, 0.4) is 0 Å². The van der Waals surface area contributed by atoms with Gasteiger partial charge in [0.15, 0.2) is 0 Å². The molecule has 0 spiro atoms. The van der Waals surface area contributed by atoms with Crippen LogP contribution >= 0.6 is 31.9 Å². The number of phenolic OH excluding ortho intramolecular Hbond substituents is 1. The molecule has 3 nitrogen and oxygen atoms in total. The van der Waals surface area contributed by atoms with Crippen LogP contribution in [0.15, 0.2) is 45.3 Å². The van der Waals surface area contributed by atoms with Gasteiger partial charge in [-0.15, -0.1) is 0 Å². The van der Waals surface area contributed by atoms with Crippen molar-refractivity contribution in [3.05, 3.63) is 56.5 Å². The maximum atomic E-state index is 12.4. The van der Waals surface area contributed by atoms with Gasteiger partial charge in [-0.1, -0.05) is 0 Å². The Hall–Kier alpha value is -1.54. The average Bonchev–Trinajstić information content (AvgIpc) is 2.43. The Morgan fingerprint density at radius 1 is 1.09 bits per heavy atom. The van der Waals surface area contributed by atoms with E-state index in [1.165, 1.54) is 12.1 Å². The molecule has 0 aliphatic rings. The van der Waals surface area contributed by atoms with E-state index >= 15 is 0 Å². The van der Waals surface area contributed by atoms with Crippen LogP contribution in [0.5, 0.6) is 5.75 Å². The molecular formula is C14H8Br2F3NO2. The first-order valence-electron chi connectivity index (χ1n) is 5.85. The summed E-state index contributed by atoms with van der Waals surface area (Å²) in [5, 5.41) is 12.1. The van der Waals surface area contributed by atoms with Crippen LogP contribution < -0.4 is 5.32 Å². The number of hydrogen-bond acceptors (Lipinski definition) is 2. The number of nitrogens with one attached hydrogen (secondary N) is 1. The molecule has 0 radical (unpaired) electrons. The highest BCUT2D eigenvalue weighted by Crippen LogP contribution is 2.33. The zero-order chi connectivity index (χ0) is 16.5. The molecule has 0 heterocycles. The molecule has 2 aromatic rings. The standard InChI is InChI=1S/C14H8Br2F3NO2/c15-10-5-7(6-11(21)12(10)16)13(22)20-9-3-1-8(2-4-9)14(17,18)19/h1-6,21H,(H,20,22). The smallest absolute Gasteiger partial charge is 0.416 e. The Morgan fingerprint density at radius 2 is 1.68 bits per heavy atom. The lowest BCUT2D eigenvalue weighted by molar-refractivity contribution is -0.137. The monoisotopic (exact) mass is 437 g/mol. The lowest BCUT2D eigenvalue weighted by atomic mass is 10.1. The van der Waals surface area contributed by atoms with Crippen LogP contribution in [0.2, 0.25) is 0 Å². The zero-order valence-electron chi connectivity index (χ0n) is 10.7. The third-order valence-electron chi connectivity index (χ3n) is 2.74. The van der Waals surface area contributed by atoms with Gasteiger partial charge in [-0.3, -0.25) is 4.79 Å². The van der Waals surface area contributed by atoms with E-state index in [0.717, 1.165) is 24.3 Å². The van der Waals surface area contributed by atoms with Crippen LogP contribution in [0.25, 0.3) is 0 Å². The number of amides is 1. The van der Waals surface area contributed by atoms with E-state index in [1.807, 2.05) is 0 Å². The van der Waals surface area contributed by atoms with Gasteiger partial charge in [-0.25, -0.2) is 0 Å². The van der Waals surface area contributed by atoms with Crippen molar-refractivity contribution in [2.24, 2.45) is 0 Å². The Labute approximate surface area is 140 Å². The normalized spacial score (nSPS) is 11.3. The summed E-state index contributed by atoms with van der Waals surface area (Å²) in [5.74, 6) is -0.685. The molecule has 116 valence electrons. The maximum Gasteiger partial charge on any atom is 0.416 e. The molecular weight excluding hydrogens is 431 g/mol. The molecule has 2 aromatic carbocycles. The minimum absolute atomic E-state index is 0.132. The SMILES string of the molecule is O=C(Nc1ccc(C(F)(F)F)cc1)c1cc(O)c(Br)c(Br)c1. The number of rotatable bonds is 2. The largest absolute Gasteiger partial charge is 0.507 e. The molecule has 0 fully saturated rings. The summed E-state index contributed by atoms with van der Waals surface area (Å²) < 4.78 is 38.2. The molecule has 0 unspecified atom stereocenters. The van der Waals surface area contributed by atoms with Gasteiger partial charge in [-0.2, -0.15) is 13.2 Å². The number of hydrogen-bond donors (Lipinski definition) is 2. The van der Waals surface area contributed by atoms with Gasteiger partial charge in [0, 0.05) is 15.7 Å². The van der Waals surface area contributed by atoms with Gasteiger partial charge in [0.25, 0.3) is 5.91 Å². The van der Waals surface area contributed by atoms with E-state index in [9.17, 15) is 23.1 Å². The molecule has 2 rings (SSSR count). The summed E-state index contributed by atoms with van der Waals surface area (Å²) in [6.07, 6.45) is -4.43. The Morgan fingerprint density at radius 3 is 2.18 bits per heavy atom. The molecule has 8 heteroatoms. The topological polar surface area (TPSA) is 49.3 Å². The zero-order valence-corrected chi connectivity index (χ0v) is 13.9. The number of carbonyl (C=O) groups excluding carboxylic acids is 1. The molecule has 0 bridgehead atoms. The second kappa shape index (κ2) is 6.29. The molecule has 0 aromatic heterocycles. The van der Waals surface area contributed by atoms with Crippen LogP contribution in [0.1, 0.15) is 15.9 Å². The van der Waals surface area contributed by atoms with E-state index < -0.39 is 17.6 Å². The molecule has 0 saturated heterocycles. The fourth-order valence-electron chi connectivity index (χ4n) is 1.65. The summed E-state index contributed by atoms with van der Waals surface area (Å²) in [5.41, 5.74) is -0.418. The summed E-state index contributed by atoms with van der Waals surface area (Å²) in [7, 11) is 0. The Balaban J connectivity index is 2.19. The highest BCUT2D eigenvalue weighted by Gasteiger charge is 2.30. The minimum Gasteiger partial charge on any atom is -0.507 e. The summed E-state index contributed by atoms with van der Waals surface area (Å²) in [6, 6.07) is 6.80. The van der Waals surface area contributed by atoms with Crippen LogP contribution in [0, 0.1) is 0 Å². The molecule has 0 aliphatic heterocycles. The Bertz CT molecular complexity index is 692. The molecule has 0 aliphatic carbocycles. The fraction of sp³-hybridized carbons (Fsp3) is 0.0714. The first kappa shape index (κ1) is 16.8. The van der Waals surface area contributed by atoms with Crippen LogP contribution in [-0.2, 0) is 6.18 Å². The van der Waals surface area contributed by atoms with Crippen molar-refractivity contribution in [2.75, 3.05) is 5.32 Å². The minimum atomic E-state index is -4.43. The number of alkyl halides is 3. The summed E-state index contributed by atoms with van der Waals surface area (Å²) in [6.45, 7) is 0. The highest BCUT2D eigenvalue weighted by molar-refractivity contribution is 9.13. The maximum absolute atomic E-state index is 12.4. The molecule has 22 heavy (non-hydrogen) atoms. The quantitative estimate of drug-likeness (QED) is 0.677. The van der Waals surface area contributed by atoms with Crippen LogP contribution in [-0.4, -0.2) is 11.0 Å². The Kier molecular flexibility index (Phi) is 4.81. The third-order valence-corrected chi connectivity index (χ3v) is 4.73. The number of carbonyl (C=O) groups is 1. The number of aromatic hydroxyl groups is 1. The average molecular weight is 439 g/mol. The van der Waals surface area contributed by atoms with Gasteiger partial charge in [0.05, 0.1) is 10.0 Å². The van der Waals surface area contributed by atoms with Crippen molar-refractivity contribution in [3.63, 3.8) is 0 Å². The second-order valence-electron chi connectivity index (χ2n) is 4.32. The van der Waals surface area contributed by atoms with Gasteiger partial charge in [-0.05, 0) is 68.3 Å². The molecule has 0 saturated carbocycles. The summed E-state index contributed by atoms with van der Waals surface area (Å²) in [4.78, 5) is 12.0. The first-order chi connectivity index (χ1) is 10.2. The molecule has 0 atom stereocenters. The van der Waals surface area contributed by atoms with E-state index in [1.54, 1.807) is 0 Å². The fourth-order valence-corrected chi connectivity index (χ4v) is 2.33. The van der Waals surface area contributed by atoms with Crippen molar-refractivity contribution < 1.29 is 23.1 Å². The molecule has 2 N–H and O–H groups in total. The first-order valence-corrected chi connectivity index (χ1v) is 7.43. The number of anilines is 1. The van der Waals surface area contributed by atoms with E-state index in [4.69, 9.17) is 0 Å². The van der Waals surface area contributed by atoms with Crippen molar-refractivity contribution >= 4 is 43.5 Å². The highest BCUT2D eigenvalue weighted by atomic mass is 79.9. The van der Waals surface area contributed by atoms with Gasteiger partial charge < -0.3 is 10.4 Å². The predicted octanol–water partition coefficient (Wildman–Crippen LogP) is 5.19. The number of halogens is 5. The number of phenols is 1. The van der Waals surface area contributed by atoms with Gasteiger partial charge in [0.2, 0.25) is 0 Å². The van der Waals surface area contributed by atoms with Gasteiger partial charge in [0.1, 0.15) is 5.75 Å². The van der Waals surface area contributed by atoms with Crippen LogP contribution in [0.4, 0.5) is 18.9 Å². The molecule has 1 amide bonds. The van der Waals surface area contributed by atoms with Crippen molar-refractivity contribution in [1.82, 2.24) is 0 Å². The second-order valence-corrected chi connectivity index (χ2v) is 5.97. The summed E-state index contributed by atoms with van der Waals surface area (Å²) >= 11 is 6.29. The van der Waals surface area contributed by atoms with E-state index in [-0.39, 0.29) is 17.0 Å². The van der Waals surface area contributed by atoms with Crippen molar-refractivity contribution in [1.29, 1.82) is 0 Å².